The Morgan fingerprint density at radius 3 is 2.53 bits per heavy atom. The van der Waals surface area contributed by atoms with E-state index in [9.17, 15) is 22.0 Å². The fraction of sp³-hybridized carbons (Fsp3) is 0.375. The van der Waals surface area contributed by atoms with Crippen LogP contribution in [0.5, 0.6) is 0 Å². The average molecular weight is 273 g/mol. The second-order valence-corrected chi connectivity index (χ2v) is 4.07. The van der Waals surface area contributed by atoms with Gasteiger partial charge in [0.2, 0.25) is 0 Å². The highest BCUT2D eigenvalue weighted by molar-refractivity contribution is 8.00. The average Bonchev–Trinajstić information content (AvgIpc) is 2.18. The molecule has 3 nitrogen and oxygen atoms in total. The lowest BCUT2D eigenvalue weighted by Gasteiger charge is -2.08. The zero-order valence-electron chi connectivity index (χ0n) is 8.31. The number of hydrogen-bond acceptors (Lipinski definition) is 4. The van der Waals surface area contributed by atoms with Crippen LogP contribution in [0.4, 0.5) is 33.6 Å². The summed E-state index contributed by atoms with van der Waals surface area (Å²) >= 11 is -0.252. The molecule has 9 heteroatoms. The SMILES string of the molecule is Nc1nc(NCCSC(F)(F)F)c(F)cc1F. The minimum atomic E-state index is -4.34. The van der Waals surface area contributed by atoms with Crippen molar-refractivity contribution < 1.29 is 22.0 Å². The van der Waals surface area contributed by atoms with Crippen molar-refractivity contribution in [2.75, 3.05) is 23.3 Å². The lowest BCUT2D eigenvalue weighted by molar-refractivity contribution is -0.0327. The highest BCUT2D eigenvalue weighted by atomic mass is 32.2. The third-order valence-corrected chi connectivity index (χ3v) is 2.35. The zero-order valence-corrected chi connectivity index (χ0v) is 9.13. The Morgan fingerprint density at radius 2 is 1.94 bits per heavy atom. The summed E-state index contributed by atoms with van der Waals surface area (Å²) in [6.07, 6.45) is 0. The normalized spacial score (nSPS) is 11.6. The number of halogens is 5. The molecular formula is C8H8F5N3S. The summed E-state index contributed by atoms with van der Waals surface area (Å²) in [6, 6.07) is 0.515. The van der Waals surface area contributed by atoms with E-state index in [0.717, 1.165) is 0 Å². The molecule has 0 atom stereocenters. The van der Waals surface area contributed by atoms with Crippen LogP contribution in [0.15, 0.2) is 6.07 Å². The molecule has 0 amide bonds. The van der Waals surface area contributed by atoms with Crippen LogP contribution in [-0.4, -0.2) is 22.8 Å². The molecule has 1 aromatic rings. The molecule has 96 valence electrons. The Bertz CT molecular complexity index is 395. The summed E-state index contributed by atoms with van der Waals surface area (Å²) in [7, 11) is 0. The van der Waals surface area contributed by atoms with Crippen molar-refractivity contribution in [3.63, 3.8) is 0 Å². The van der Waals surface area contributed by atoms with Gasteiger partial charge in [0.1, 0.15) is 0 Å². The molecule has 17 heavy (non-hydrogen) atoms. The first-order valence-electron chi connectivity index (χ1n) is 4.35. The molecule has 0 unspecified atom stereocenters. The van der Waals surface area contributed by atoms with Gasteiger partial charge in [-0.15, -0.1) is 0 Å². The monoisotopic (exact) mass is 273 g/mol. The number of nitrogens with two attached hydrogens (primary N) is 1. The summed E-state index contributed by atoms with van der Waals surface area (Å²) in [6.45, 7) is -0.167. The summed E-state index contributed by atoms with van der Waals surface area (Å²) in [5, 5.41) is 2.30. The predicted molar refractivity (Wildman–Crippen MR) is 55.6 cm³/mol. The number of pyridine rings is 1. The van der Waals surface area contributed by atoms with E-state index >= 15 is 0 Å². The molecule has 1 heterocycles. The molecule has 0 aliphatic rings. The van der Waals surface area contributed by atoms with Crippen LogP contribution in [0.3, 0.4) is 0 Å². The summed E-state index contributed by atoms with van der Waals surface area (Å²) in [5.74, 6) is -3.22. The van der Waals surface area contributed by atoms with Gasteiger partial charge >= 0.3 is 5.51 Å². The van der Waals surface area contributed by atoms with Crippen molar-refractivity contribution in [2.45, 2.75) is 5.51 Å². The van der Waals surface area contributed by atoms with Gasteiger partial charge in [-0.25, -0.2) is 13.8 Å². The predicted octanol–water partition coefficient (Wildman–Crippen LogP) is 2.61. The van der Waals surface area contributed by atoms with Gasteiger partial charge in [0.15, 0.2) is 23.3 Å². The molecular weight excluding hydrogens is 265 g/mol. The lowest BCUT2D eigenvalue weighted by atomic mass is 10.4. The van der Waals surface area contributed by atoms with Gasteiger partial charge in [-0.3, -0.25) is 0 Å². The Hall–Kier alpha value is -1.25. The highest BCUT2D eigenvalue weighted by Crippen LogP contribution is 2.29. The number of anilines is 2. The van der Waals surface area contributed by atoms with Crippen LogP contribution < -0.4 is 11.1 Å². The Kier molecular flexibility index (Phi) is 4.38. The highest BCUT2D eigenvalue weighted by Gasteiger charge is 2.27. The number of rotatable bonds is 4. The molecule has 0 saturated heterocycles. The molecule has 0 saturated carbocycles. The number of aromatic nitrogens is 1. The van der Waals surface area contributed by atoms with Gasteiger partial charge in [-0.05, 0) is 11.8 Å². The number of alkyl halides is 3. The number of thioether (sulfide) groups is 1. The topological polar surface area (TPSA) is 50.9 Å². The van der Waals surface area contributed by atoms with Gasteiger partial charge in [-0.2, -0.15) is 13.2 Å². The van der Waals surface area contributed by atoms with Crippen LogP contribution in [-0.2, 0) is 0 Å². The van der Waals surface area contributed by atoms with E-state index in [4.69, 9.17) is 5.73 Å². The van der Waals surface area contributed by atoms with E-state index in [2.05, 4.69) is 10.3 Å². The van der Waals surface area contributed by atoms with Crippen molar-refractivity contribution >= 4 is 23.4 Å². The fourth-order valence-corrected chi connectivity index (χ4v) is 1.38. The third-order valence-electron chi connectivity index (χ3n) is 1.62. The van der Waals surface area contributed by atoms with E-state index in [0.29, 0.717) is 6.07 Å². The Morgan fingerprint density at radius 1 is 1.29 bits per heavy atom. The Balaban J connectivity index is 2.50. The molecule has 1 rings (SSSR count). The van der Waals surface area contributed by atoms with Crippen LogP contribution >= 0.6 is 11.8 Å². The molecule has 0 radical (unpaired) electrons. The number of nitrogen functional groups attached to an aromatic ring is 1. The van der Waals surface area contributed by atoms with Gasteiger partial charge in [0.05, 0.1) is 0 Å². The maximum absolute atomic E-state index is 13.0. The second-order valence-electron chi connectivity index (χ2n) is 2.91. The van der Waals surface area contributed by atoms with Crippen molar-refractivity contribution in [2.24, 2.45) is 0 Å². The van der Waals surface area contributed by atoms with E-state index in [-0.39, 0.29) is 29.9 Å². The molecule has 0 fully saturated rings. The van der Waals surface area contributed by atoms with Crippen molar-refractivity contribution in [3.05, 3.63) is 17.7 Å². The molecule has 0 aromatic carbocycles. The fourth-order valence-electron chi connectivity index (χ4n) is 0.941. The first-order chi connectivity index (χ1) is 7.79. The number of nitrogens with zero attached hydrogens (tertiary/aromatic N) is 1. The van der Waals surface area contributed by atoms with E-state index in [1.165, 1.54) is 0 Å². The largest absolute Gasteiger partial charge is 0.441 e. The first kappa shape index (κ1) is 13.8. The molecule has 0 aliphatic carbocycles. The van der Waals surface area contributed by atoms with Crippen LogP contribution in [0.25, 0.3) is 0 Å². The molecule has 3 N–H and O–H groups in total. The quantitative estimate of drug-likeness (QED) is 0.654. The van der Waals surface area contributed by atoms with Gasteiger partial charge in [0, 0.05) is 18.4 Å². The van der Waals surface area contributed by atoms with E-state index < -0.39 is 23.0 Å². The van der Waals surface area contributed by atoms with Gasteiger partial charge < -0.3 is 11.1 Å². The maximum atomic E-state index is 13.0. The summed E-state index contributed by atoms with van der Waals surface area (Å²) in [4.78, 5) is 3.33. The lowest BCUT2D eigenvalue weighted by Crippen LogP contribution is -2.12. The molecule has 0 aliphatic heterocycles. The van der Waals surface area contributed by atoms with Gasteiger partial charge in [0.25, 0.3) is 0 Å². The smallest absolute Gasteiger partial charge is 0.381 e. The standard InChI is InChI=1S/C8H8F5N3S/c9-4-3-5(10)7(16-6(4)14)15-1-2-17-8(11,12)13/h3H,1-2H2,(H3,14,15,16). The van der Waals surface area contributed by atoms with Crippen LogP contribution in [0.2, 0.25) is 0 Å². The number of nitrogens with one attached hydrogen (secondary N) is 1. The van der Waals surface area contributed by atoms with Crippen LogP contribution in [0.1, 0.15) is 0 Å². The third kappa shape index (κ3) is 4.63. The van der Waals surface area contributed by atoms with E-state index in [1.54, 1.807) is 0 Å². The first-order valence-corrected chi connectivity index (χ1v) is 5.34. The van der Waals surface area contributed by atoms with Crippen molar-refractivity contribution in [1.29, 1.82) is 0 Å². The Labute approximate surface area is 97.6 Å². The molecule has 1 aromatic heterocycles. The minimum Gasteiger partial charge on any atom is -0.381 e. The zero-order chi connectivity index (χ0) is 13.1. The second kappa shape index (κ2) is 5.39. The van der Waals surface area contributed by atoms with Crippen molar-refractivity contribution in [3.8, 4) is 0 Å². The summed E-state index contributed by atoms with van der Waals surface area (Å²) in [5.41, 5.74) is 0.747. The summed E-state index contributed by atoms with van der Waals surface area (Å²) < 4.78 is 61.0. The van der Waals surface area contributed by atoms with Gasteiger partial charge in [-0.1, -0.05) is 0 Å². The molecule has 0 bridgehead atoms. The maximum Gasteiger partial charge on any atom is 0.441 e. The molecule has 0 spiro atoms. The van der Waals surface area contributed by atoms with E-state index in [1.807, 2.05) is 0 Å². The minimum absolute atomic E-state index is 0.167. The van der Waals surface area contributed by atoms with Crippen LogP contribution in [0, 0.1) is 11.6 Å². The van der Waals surface area contributed by atoms with Crippen molar-refractivity contribution in [1.82, 2.24) is 4.98 Å². The number of hydrogen-bond donors (Lipinski definition) is 2.